The third-order valence-electron chi connectivity index (χ3n) is 2.49. The number of nitrogens with two attached hydrogens (primary N) is 1. The Balaban J connectivity index is 2.33. The van der Waals surface area contributed by atoms with E-state index in [2.05, 4.69) is 4.98 Å². The van der Waals surface area contributed by atoms with E-state index < -0.39 is 0 Å². The van der Waals surface area contributed by atoms with Gasteiger partial charge in [-0.25, -0.2) is 4.98 Å². The number of oxazole rings is 1. The first kappa shape index (κ1) is 10.9. The standard InChI is InChI=1S/C13H16N2O/c1-9-8-16-12(15-9)10-4-6-11(7-5-10)13(2,3)14/h4-8H,14H2,1-3H3. The third kappa shape index (κ3) is 2.14. The summed E-state index contributed by atoms with van der Waals surface area (Å²) in [7, 11) is 0. The molecule has 0 aliphatic rings. The average Bonchev–Trinajstić information content (AvgIpc) is 2.64. The summed E-state index contributed by atoms with van der Waals surface area (Å²) in [4.78, 5) is 4.27. The summed E-state index contributed by atoms with van der Waals surface area (Å²) in [6.07, 6.45) is 1.65. The Morgan fingerprint density at radius 1 is 1.19 bits per heavy atom. The maximum absolute atomic E-state index is 6.01. The zero-order valence-electron chi connectivity index (χ0n) is 9.82. The van der Waals surface area contributed by atoms with Gasteiger partial charge in [0.2, 0.25) is 5.89 Å². The van der Waals surface area contributed by atoms with E-state index in [1.165, 1.54) is 0 Å². The molecule has 2 aromatic rings. The molecule has 3 heteroatoms. The summed E-state index contributed by atoms with van der Waals surface area (Å²) in [6, 6.07) is 7.98. The van der Waals surface area contributed by atoms with Crippen LogP contribution in [0.2, 0.25) is 0 Å². The Hall–Kier alpha value is -1.61. The van der Waals surface area contributed by atoms with E-state index in [4.69, 9.17) is 10.2 Å². The Morgan fingerprint density at radius 3 is 2.25 bits per heavy atom. The first-order valence-electron chi connectivity index (χ1n) is 5.29. The van der Waals surface area contributed by atoms with Gasteiger partial charge in [-0.1, -0.05) is 12.1 Å². The van der Waals surface area contributed by atoms with Crippen molar-refractivity contribution in [1.29, 1.82) is 0 Å². The van der Waals surface area contributed by atoms with Crippen molar-refractivity contribution in [2.24, 2.45) is 5.73 Å². The van der Waals surface area contributed by atoms with Gasteiger partial charge in [-0.3, -0.25) is 0 Å². The van der Waals surface area contributed by atoms with Crippen LogP contribution in [0, 0.1) is 6.92 Å². The number of rotatable bonds is 2. The molecular weight excluding hydrogens is 200 g/mol. The summed E-state index contributed by atoms with van der Waals surface area (Å²) >= 11 is 0. The molecule has 1 aromatic heterocycles. The van der Waals surface area contributed by atoms with Crippen molar-refractivity contribution in [3.05, 3.63) is 41.8 Å². The summed E-state index contributed by atoms with van der Waals surface area (Å²) in [5.74, 6) is 0.652. The number of benzene rings is 1. The predicted octanol–water partition coefficient (Wildman–Crippen LogP) is 2.84. The van der Waals surface area contributed by atoms with Crippen LogP contribution in [-0.2, 0) is 5.54 Å². The number of nitrogens with zero attached hydrogens (tertiary/aromatic N) is 1. The fourth-order valence-corrected chi connectivity index (χ4v) is 1.53. The minimum Gasteiger partial charge on any atom is -0.444 e. The Bertz CT molecular complexity index is 477. The summed E-state index contributed by atoms with van der Waals surface area (Å²) in [6.45, 7) is 5.87. The third-order valence-corrected chi connectivity index (χ3v) is 2.49. The van der Waals surface area contributed by atoms with Crippen LogP contribution in [0.5, 0.6) is 0 Å². The first-order valence-corrected chi connectivity index (χ1v) is 5.29. The molecule has 3 nitrogen and oxygen atoms in total. The molecule has 0 aliphatic carbocycles. The van der Waals surface area contributed by atoms with E-state index in [0.717, 1.165) is 16.8 Å². The summed E-state index contributed by atoms with van der Waals surface area (Å²) in [5, 5.41) is 0. The lowest BCUT2D eigenvalue weighted by atomic mass is 9.95. The molecule has 16 heavy (non-hydrogen) atoms. The molecule has 84 valence electrons. The van der Waals surface area contributed by atoms with Crippen molar-refractivity contribution in [1.82, 2.24) is 4.98 Å². The van der Waals surface area contributed by atoms with E-state index in [0.29, 0.717) is 5.89 Å². The highest BCUT2D eigenvalue weighted by Crippen LogP contribution is 2.22. The Kier molecular flexibility index (Phi) is 2.56. The highest BCUT2D eigenvalue weighted by Gasteiger charge is 2.14. The van der Waals surface area contributed by atoms with Crippen molar-refractivity contribution in [2.75, 3.05) is 0 Å². The highest BCUT2D eigenvalue weighted by molar-refractivity contribution is 5.54. The van der Waals surface area contributed by atoms with Crippen LogP contribution in [0.3, 0.4) is 0 Å². The monoisotopic (exact) mass is 216 g/mol. The van der Waals surface area contributed by atoms with E-state index in [9.17, 15) is 0 Å². The minimum absolute atomic E-state index is 0.314. The fraction of sp³-hybridized carbons (Fsp3) is 0.308. The molecule has 1 aromatic carbocycles. The molecule has 0 bridgehead atoms. The van der Waals surface area contributed by atoms with Crippen LogP contribution in [0.15, 0.2) is 34.9 Å². The molecule has 0 unspecified atom stereocenters. The molecule has 0 saturated heterocycles. The molecule has 2 N–H and O–H groups in total. The lowest BCUT2D eigenvalue weighted by molar-refractivity contribution is 0.553. The highest BCUT2D eigenvalue weighted by atomic mass is 16.3. The van der Waals surface area contributed by atoms with Gasteiger partial charge in [0.25, 0.3) is 0 Å². The number of aryl methyl sites for hydroxylation is 1. The fourth-order valence-electron chi connectivity index (χ4n) is 1.53. The van der Waals surface area contributed by atoms with Crippen molar-refractivity contribution >= 4 is 0 Å². The van der Waals surface area contributed by atoms with Crippen LogP contribution in [-0.4, -0.2) is 4.98 Å². The molecule has 0 spiro atoms. The van der Waals surface area contributed by atoms with Gasteiger partial charge < -0.3 is 10.2 Å². The second-order valence-electron chi connectivity index (χ2n) is 4.59. The normalized spacial score (nSPS) is 11.8. The first-order chi connectivity index (χ1) is 7.47. The Morgan fingerprint density at radius 2 is 1.81 bits per heavy atom. The largest absolute Gasteiger partial charge is 0.444 e. The van der Waals surface area contributed by atoms with Gasteiger partial charge in [0.1, 0.15) is 6.26 Å². The van der Waals surface area contributed by atoms with Crippen molar-refractivity contribution in [3.8, 4) is 11.5 Å². The molecule has 0 aliphatic heterocycles. The van der Waals surface area contributed by atoms with Crippen molar-refractivity contribution < 1.29 is 4.42 Å². The van der Waals surface area contributed by atoms with Crippen LogP contribution in [0.25, 0.3) is 11.5 Å². The smallest absolute Gasteiger partial charge is 0.226 e. The molecular formula is C13H16N2O. The zero-order chi connectivity index (χ0) is 11.8. The van der Waals surface area contributed by atoms with E-state index >= 15 is 0 Å². The van der Waals surface area contributed by atoms with Crippen LogP contribution < -0.4 is 5.73 Å². The van der Waals surface area contributed by atoms with Gasteiger partial charge in [0, 0.05) is 11.1 Å². The molecule has 0 saturated carbocycles. The van der Waals surface area contributed by atoms with Gasteiger partial charge in [0.05, 0.1) is 5.69 Å². The zero-order valence-corrected chi connectivity index (χ0v) is 9.82. The molecule has 0 fully saturated rings. The SMILES string of the molecule is Cc1coc(-c2ccc(C(C)(C)N)cc2)n1. The molecule has 0 amide bonds. The lowest BCUT2D eigenvalue weighted by Gasteiger charge is -2.18. The van der Waals surface area contributed by atoms with Crippen molar-refractivity contribution in [3.63, 3.8) is 0 Å². The average molecular weight is 216 g/mol. The topological polar surface area (TPSA) is 52.0 Å². The van der Waals surface area contributed by atoms with Crippen molar-refractivity contribution in [2.45, 2.75) is 26.3 Å². The molecule has 0 radical (unpaired) electrons. The summed E-state index contributed by atoms with van der Waals surface area (Å²) < 4.78 is 5.33. The Labute approximate surface area is 95.3 Å². The maximum atomic E-state index is 6.01. The molecule has 0 atom stereocenters. The van der Waals surface area contributed by atoms with E-state index in [1.54, 1.807) is 6.26 Å². The van der Waals surface area contributed by atoms with Gasteiger partial charge in [-0.15, -0.1) is 0 Å². The minimum atomic E-state index is -0.314. The molecule has 1 heterocycles. The second-order valence-corrected chi connectivity index (χ2v) is 4.59. The van der Waals surface area contributed by atoms with E-state index in [1.807, 2.05) is 45.0 Å². The number of aromatic nitrogens is 1. The lowest BCUT2D eigenvalue weighted by Crippen LogP contribution is -2.28. The van der Waals surface area contributed by atoms with Crippen LogP contribution >= 0.6 is 0 Å². The van der Waals surface area contributed by atoms with Crippen LogP contribution in [0.4, 0.5) is 0 Å². The number of hydrogen-bond donors (Lipinski definition) is 1. The van der Waals surface area contributed by atoms with Gasteiger partial charge in [-0.05, 0) is 38.5 Å². The predicted molar refractivity (Wildman–Crippen MR) is 63.9 cm³/mol. The quantitative estimate of drug-likeness (QED) is 0.839. The van der Waals surface area contributed by atoms with Crippen LogP contribution in [0.1, 0.15) is 25.1 Å². The number of hydrogen-bond acceptors (Lipinski definition) is 3. The van der Waals surface area contributed by atoms with Gasteiger partial charge in [-0.2, -0.15) is 0 Å². The maximum Gasteiger partial charge on any atom is 0.226 e. The second kappa shape index (κ2) is 3.76. The van der Waals surface area contributed by atoms with Gasteiger partial charge >= 0.3 is 0 Å². The summed E-state index contributed by atoms with van der Waals surface area (Å²) in [5.41, 5.74) is 8.65. The van der Waals surface area contributed by atoms with Gasteiger partial charge in [0.15, 0.2) is 0 Å². The molecule has 2 rings (SSSR count). The van der Waals surface area contributed by atoms with E-state index in [-0.39, 0.29) is 5.54 Å².